The topological polar surface area (TPSA) is 68.3 Å². The van der Waals surface area contributed by atoms with Gasteiger partial charge in [-0.15, -0.1) is 11.3 Å². The van der Waals surface area contributed by atoms with E-state index in [0.29, 0.717) is 22.1 Å². The quantitative estimate of drug-likeness (QED) is 0.454. The fourth-order valence-electron chi connectivity index (χ4n) is 2.40. The second kappa shape index (κ2) is 8.79. The number of benzene rings is 2. The van der Waals surface area contributed by atoms with Gasteiger partial charge in [-0.2, -0.15) is 0 Å². The summed E-state index contributed by atoms with van der Waals surface area (Å²) in [6.07, 6.45) is 0.866. The van der Waals surface area contributed by atoms with Crippen molar-refractivity contribution in [1.82, 2.24) is 4.98 Å². The number of carbonyl (C=O) groups is 2. The molecule has 27 heavy (non-hydrogen) atoms. The molecule has 1 atom stereocenters. The molecule has 138 valence electrons. The fourth-order valence-corrected chi connectivity index (χ4v) is 3.32. The summed E-state index contributed by atoms with van der Waals surface area (Å²) in [7, 11) is 0. The molecule has 0 spiro atoms. The molecule has 0 fully saturated rings. The molecule has 1 heterocycles. The number of carbonyl (C=O) groups excluding carboxylic acids is 2. The van der Waals surface area contributed by atoms with Gasteiger partial charge in [-0.25, -0.2) is 9.78 Å². The number of nitrogens with zero attached hydrogens (tertiary/aromatic N) is 1. The van der Waals surface area contributed by atoms with Crippen LogP contribution in [0.5, 0.6) is 0 Å². The van der Waals surface area contributed by atoms with E-state index in [9.17, 15) is 9.59 Å². The molecule has 1 aromatic heterocycles. The summed E-state index contributed by atoms with van der Waals surface area (Å²) in [4.78, 5) is 29.6. The number of thiazole rings is 1. The molecule has 1 N–H and O–H groups in total. The van der Waals surface area contributed by atoms with Gasteiger partial charge in [-0.1, -0.05) is 41.9 Å². The predicted octanol–water partition coefficient (Wildman–Crippen LogP) is 4.84. The van der Waals surface area contributed by atoms with Crippen molar-refractivity contribution >= 4 is 40.4 Å². The first-order chi connectivity index (χ1) is 13.0. The highest BCUT2D eigenvalue weighted by Gasteiger charge is 2.20. The fraction of sp³-hybridized carbons (Fsp3) is 0.150. The van der Waals surface area contributed by atoms with Crippen LogP contribution >= 0.6 is 22.9 Å². The van der Waals surface area contributed by atoms with Crippen LogP contribution in [-0.4, -0.2) is 22.8 Å². The van der Waals surface area contributed by atoms with Gasteiger partial charge in [0.1, 0.15) is 0 Å². The summed E-state index contributed by atoms with van der Waals surface area (Å²) in [5.74, 6) is -0.766. The van der Waals surface area contributed by atoms with E-state index in [2.05, 4.69) is 10.3 Å². The lowest BCUT2D eigenvalue weighted by Gasteiger charge is -2.13. The lowest BCUT2D eigenvalue weighted by molar-refractivity contribution is 0.0319. The molecule has 0 aliphatic heterocycles. The third-order valence-electron chi connectivity index (χ3n) is 3.82. The number of hydrogen-bond acceptors (Lipinski definition) is 6. The Balaban J connectivity index is 1.56. The highest BCUT2D eigenvalue weighted by atomic mass is 35.5. The van der Waals surface area contributed by atoms with Gasteiger partial charge in [0.05, 0.1) is 12.1 Å². The number of esters is 1. The van der Waals surface area contributed by atoms with Crippen LogP contribution in [0, 0.1) is 0 Å². The molecular formula is C20H17ClN2O3S. The normalized spacial score (nSPS) is 11.6. The van der Waals surface area contributed by atoms with Crippen LogP contribution in [0.15, 0.2) is 60.8 Å². The predicted molar refractivity (Wildman–Crippen MR) is 107 cm³/mol. The minimum atomic E-state index is -0.853. The Labute approximate surface area is 166 Å². The Morgan fingerprint density at radius 3 is 2.44 bits per heavy atom. The zero-order valence-electron chi connectivity index (χ0n) is 14.5. The number of anilines is 1. The number of hydrogen-bond donors (Lipinski definition) is 1. The Morgan fingerprint density at radius 2 is 1.81 bits per heavy atom. The number of ether oxygens (including phenoxy) is 1. The van der Waals surface area contributed by atoms with Crippen molar-refractivity contribution in [2.75, 3.05) is 5.32 Å². The molecule has 0 saturated carbocycles. The van der Waals surface area contributed by atoms with Crippen LogP contribution in [0.4, 0.5) is 5.69 Å². The van der Waals surface area contributed by atoms with Gasteiger partial charge in [-0.3, -0.25) is 4.79 Å². The maximum absolute atomic E-state index is 12.3. The van der Waals surface area contributed by atoms with Gasteiger partial charge in [0.25, 0.3) is 0 Å². The smallest absolute Gasteiger partial charge is 0.338 e. The van der Waals surface area contributed by atoms with Crippen molar-refractivity contribution in [1.29, 1.82) is 0 Å². The third kappa shape index (κ3) is 5.15. The third-order valence-corrected chi connectivity index (χ3v) is 4.94. The molecule has 3 aromatic rings. The van der Waals surface area contributed by atoms with E-state index >= 15 is 0 Å². The molecule has 0 aliphatic carbocycles. The number of nitrogens with one attached hydrogen (secondary N) is 1. The number of rotatable bonds is 7. The molecule has 0 bridgehead atoms. The van der Waals surface area contributed by atoms with E-state index in [1.807, 2.05) is 6.07 Å². The van der Waals surface area contributed by atoms with Gasteiger partial charge in [0.2, 0.25) is 5.78 Å². The molecule has 5 nitrogen and oxygen atoms in total. The van der Waals surface area contributed by atoms with E-state index in [-0.39, 0.29) is 5.78 Å². The van der Waals surface area contributed by atoms with Crippen molar-refractivity contribution in [2.45, 2.75) is 19.6 Å². The molecule has 1 unspecified atom stereocenters. The molecule has 3 rings (SSSR count). The van der Waals surface area contributed by atoms with Gasteiger partial charge >= 0.3 is 5.97 Å². The van der Waals surface area contributed by atoms with E-state index in [1.165, 1.54) is 11.3 Å². The average Bonchev–Trinajstić information content (AvgIpc) is 3.12. The molecule has 0 radical (unpaired) electrons. The van der Waals surface area contributed by atoms with Crippen molar-refractivity contribution in [3.8, 4) is 0 Å². The Hall–Kier alpha value is -2.70. The van der Waals surface area contributed by atoms with E-state index < -0.39 is 12.1 Å². The minimum absolute atomic E-state index is 0.231. The zero-order valence-corrected chi connectivity index (χ0v) is 16.1. The van der Waals surface area contributed by atoms with Crippen molar-refractivity contribution in [2.24, 2.45) is 0 Å². The van der Waals surface area contributed by atoms with Crippen LogP contribution in [0.2, 0.25) is 4.47 Å². The van der Waals surface area contributed by atoms with Crippen LogP contribution in [0.3, 0.4) is 0 Å². The summed E-state index contributed by atoms with van der Waals surface area (Å²) in [6, 6.07) is 15.6. The van der Waals surface area contributed by atoms with Crippen LogP contribution in [0.25, 0.3) is 0 Å². The van der Waals surface area contributed by atoms with E-state index in [0.717, 1.165) is 10.6 Å². The van der Waals surface area contributed by atoms with Crippen molar-refractivity contribution in [3.05, 3.63) is 81.3 Å². The molecule has 0 aliphatic rings. The molecule has 0 saturated heterocycles. The van der Waals surface area contributed by atoms with Crippen LogP contribution < -0.4 is 5.32 Å². The number of Topliss-reactive ketones (excluding diaryl/α,β-unsaturated/α-hetero) is 1. The first-order valence-corrected chi connectivity index (χ1v) is 9.47. The summed E-state index contributed by atoms with van der Waals surface area (Å²) in [5, 5.41) is 3.23. The van der Waals surface area contributed by atoms with Gasteiger partial charge < -0.3 is 10.1 Å². The van der Waals surface area contributed by atoms with Gasteiger partial charge in [0, 0.05) is 22.3 Å². The first-order valence-electron chi connectivity index (χ1n) is 8.27. The highest BCUT2D eigenvalue weighted by molar-refractivity contribution is 7.15. The second-order valence-electron chi connectivity index (χ2n) is 5.79. The van der Waals surface area contributed by atoms with Crippen molar-refractivity contribution < 1.29 is 14.3 Å². The minimum Gasteiger partial charge on any atom is -0.451 e. The lowest BCUT2D eigenvalue weighted by Crippen LogP contribution is -2.24. The Morgan fingerprint density at radius 1 is 1.11 bits per heavy atom. The van der Waals surface area contributed by atoms with Crippen LogP contribution in [-0.2, 0) is 11.3 Å². The SMILES string of the molecule is CC(OC(=O)c1ccc(NCc2cnc(Cl)s2)cc1)C(=O)c1ccccc1. The number of halogens is 1. The summed E-state index contributed by atoms with van der Waals surface area (Å²) < 4.78 is 5.80. The monoisotopic (exact) mass is 400 g/mol. The van der Waals surface area contributed by atoms with E-state index in [4.69, 9.17) is 16.3 Å². The lowest BCUT2D eigenvalue weighted by atomic mass is 10.1. The maximum Gasteiger partial charge on any atom is 0.338 e. The summed E-state index contributed by atoms with van der Waals surface area (Å²) >= 11 is 7.21. The number of ketones is 1. The van der Waals surface area contributed by atoms with Gasteiger partial charge in [-0.05, 0) is 31.2 Å². The summed E-state index contributed by atoms with van der Waals surface area (Å²) in [6.45, 7) is 2.17. The largest absolute Gasteiger partial charge is 0.451 e. The van der Waals surface area contributed by atoms with Crippen LogP contribution in [0.1, 0.15) is 32.5 Å². The first kappa shape index (κ1) is 19.1. The Kier molecular flexibility index (Phi) is 6.21. The number of aromatic nitrogens is 1. The molecule has 0 amide bonds. The zero-order chi connectivity index (χ0) is 19.2. The highest BCUT2D eigenvalue weighted by Crippen LogP contribution is 2.19. The second-order valence-corrected chi connectivity index (χ2v) is 7.49. The maximum atomic E-state index is 12.3. The standard InChI is InChI=1S/C20H17ClN2O3S/c1-13(18(24)14-5-3-2-4-6-14)26-19(25)15-7-9-16(10-8-15)22-11-17-12-23-20(21)27-17/h2-10,12-13,22H,11H2,1H3. The van der Waals surface area contributed by atoms with E-state index in [1.54, 1.807) is 61.7 Å². The average molecular weight is 401 g/mol. The summed E-state index contributed by atoms with van der Waals surface area (Å²) in [5.41, 5.74) is 1.75. The van der Waals surface area contributed by atoms with Gasteiger partial charge in [0.15, 0.2) is 10.6 Å². The Bertz CT molecular complexity index is 926. The molecular weight excluding hydrogens is 384 g/mol. The molecule has 7 heteroatoms. The molecule has 2 aromatic carbocycles. The van der Waals surface area contributed by atoms with Crippen molar-refractivity contribution in [3.63, 3.8) is 0 Å².